The first-order chi connectivity index (χ1) is 12.2. The van der Waals surface area contributed by atoms with Crippen LogP contribution in [0.3, 0.4) is 0 Å². The van der Waals surface area contributed by atoms with E-state index in [-0.39, 0.29) is 5.91 Å². The first kappa shape index (κ1) is 17.0. The molecular weight excluding hydrogens is 338 g/mol. The number of aromatic nitrogens is 4. The highest BCUT2D eigenvalue weighted by molar-refractivity contribution is 7.98. The van der Waals surface area contributed by atoms with E-state index in [9.17, 15) is 4.79 Å². The summed E-state index contributed by atoms with van der Waals surface area (Å²) in [5.41, 5.74) is 2.60. The maximum absolute atomic E-state index is 11.2. The van der Waals surface area contributed by atoms with Crippen molar-refractivity contribution in [3.63, 3.8) is 0 Å². The van der Waals surface area contributed by atoms with Gasteiger partial charge in [0.2, 0.25) is 11.1 Å². The van der Waals surface area contributed by atoms with Gasteiger partial charge in [0.25, 0.3) is 0 Å². The van der Waals surface area contributed by atoms with Crippen molar-refractivity contribution in [2.45, 2.75) is 17.8 Å². The van der Waals surface area contributed by atoms with E-state index in [1.807, 2.05) is 48.5 Å². The Morgan fingerprint density at radius 1 is 1.24 bits per heavy atom. The summed E-state index contributed by atoms with van der Waals surface area (Å²) in [6.45, 7) is 1.47. The molecule has 0 saturated carbocycles. The van der Waals surface area contributed by atoms with Gasteiger partial charge in [0.1, 0.15) is 5.75 Å². The van der Waals surface area contributed by atoms with Crippen LogP contribution < -0.4 is 10.1 Å². The number of nitrogens with zero attached hydrogens (tertiary/aromatic N) is 4. The Morgan fingerprint density at radius 3 is 2.88 bits per heavy atom. The van der Waals surface area contributed by atoms with Gasteiger partial charge in [-0.3, -0.25) is 4.79 Å². The predicted molar refractivity (Wildman–Crippen MR) is 96.0 cm³/mol. The minimum atomic E-state index is -0.124. The quantitative estimate of drug-likeness (QED) is 0.685. The van der Waals surface area contributed by atoms with Crippen LogP contribution in [0.1, 0.15) is 12.5 Å². The molecule has 2 aromatic carbocycles. The minimum absolute atomic E-state index is 0.124. The van der Waals surface area contributed by atoms with E-state index in [1.165, 1.54) is 18.7 Å². The molecule has 1 N–H and O–H groups in total. The number of thioether (sulfide) groups is 1. The highest BCUT2D eigenvalue weighted by atomic mass is 32.2. The average molecular weight is 355 g/mol. The fraction of sp³-hybridized carbons (Fsp3) is 0.176. The third-order valence-corrected chi connectivity index (χ3v) is 4.34. The van der Waals surface area contributed by atoms with Gasteiger partial charge in [0.15, 0.2) is 0 Å². The summed E-state index contributed by atoms with van der Waals surface area (Å²) < 4.78 is 6.89. The van der Waals surface area contributed by atoms with E-state index < -0.39 is 0 Å². The molecule has 3 aromatic rings. The second kappa shape index (κ2) is 7.80. The third-order valence-electron chi connectivity index (χ3n) is 3.35. The number of benzene rings is 2. The van der Waals surface area contributed by atoms with Crippen molar-refractivity contribution in [1.29, 1.82) is 0 Å². The lowest BCUT2D eigenvalue weighted by atomic mass is 10.2. The topological polar surface area (TPSA) is 81.9 Å². The molecule has 0 unspecified atom stereocenters. The summed E-state index contributed by atoms with van der Waals surface area (Å²) in [5.74, 6) is 1.41. The molecule has 0 aliphatic rings. The van der Waals surface area contributed by atoms with Gasteiger partial charge in [-0.1, -0.05) is 30.0 Å². The molecule has 0 spiro atoms. The lowest BCUT2D eigenvalue weighted by Crippen LogP contribution is -2.07. The molecule has 0 bridgehead atoms. The van der Waals surface area contributed by atoms with Crippen LogP contribution in [-0.2, 0) is 10.5 Å². The van der Waals surface area contributed by atoms with Crippen molar-refractivity contribution in [3.05, 3.63) is 54.1 Å². The summed E-state index contributed by atoms with van der Waals surface area (Å²) in [6, 6.07) is 15.3. The molecule has 7 nitrogen and oxygen atoms in total. The molecule has 0 radical (unpaired) electrons. The number of ether oxygens (including phenoxy) is 1. The van der Waals surface area contributed by atoms with Crippen molar-refractivity contribution >= 4 is 23.4 Å². The Balaban J connectivity index is 1.77. The van der Waals surface area contributed by atoms with Crippen LogP contribution >= 0.6 is 11.8 Å². The van der Waals surface area contributed by atoms with Gasteiger partial charge in [0.05, 0.1) is 12.8 Å². The predicted octanol–water partition coefficient (Wildman–Crippen LogP) is 2.92. The molecule has 1 amide bonds. The van der Waals surface area contributed by atoms with Gasteiger partial charge < -0.3 is 10.1 Å². The maximum atomic E-state index is 11.2. The van der Waals surface area contributed by atoms with E-state index in [4.69, 9.17) is 4.74 Å². The SMILES string of the molecule is COc1cccc(CSc2nnnn2-c2cccc(NC(C)=O)c2)c1. The second-order valence-electron chi connectivity index (χ2n) is 5.24. The summed E-state index contributed by atoms with van der Waals surface area (Å²) in [5, 5.41) is 15.3. The fourth-order valence-electron chi connectivity index (χ4n) is 2.26. The van der Waals surface area contributed by atoms with Crippen LogP contribution in [0.15, 0.2) is 53.7 Å². The van der Waals surface area contributed by atoms with Crippen LogP contribution in [0.25, 0.3) is 5.69 Å². The zero-order valence-electron chi connectivity index (χ0n) is 13.8. The second-order valence-corrected chi connectivity index (χ2v) is 6.19. The van der Waals surface area contributed by atoms with Gasteiger partial charge in [-0.2, -0.15) is 4.68 Å². The first-order valence-corrected chi connectivity index (χ1v) is 8.56. The number of amides is 1. The number of nitrogens with one attached hydrogen (secondary N) is 1. The molecule has 1 aromatic heterocycles. The van der Waals surface area contributed by atoms with Crippen LogP contribution in [0, 0.1) is 0 Å². The smallest absolute Gasteiger partial charge is 0.221 e. The Kier molecular flexibility index (Phi) is 5.30. The standard InChI is InChI=1S/C17H17N5O2S/c1-12(23)18-14-6-4-7-15(10-14)22-17(19-20-21-22)25-11-13-5-3-8-16(9-13)24-2/h3-10H,11H2,1-2H3,(H,18,23). The van der Waals surface area contributed by atoms with Crippen LogP contribution in [0.4, 0.5) is 5.69 Å². The van der Waals surface area contributed by atoms with E-state index in [0.717, 1.165) is 17.0 Å². The molecular formula is C17H17N5O2S. The molecule has 8 heteroatoms. The molecule has 128 valence electrons. The van der Waals surface area contributed by atoms with Crippen molar-refractivity contribution < 1.29 is 9.53 Å². The van der Waals surface area contributed by atoms with E-state index in [1.54, 1.807) is 11.8 Å². The van der Waals surface area contributed by atoms with E-state index in [2.05, 4.69) is 20.8 Å². The lowest BCUT2D eigenvalue weighted by molar-refractivity contribution is -0.114. The number of tetrazole rings is 1. The zero-order chi connectivity index (χ0) is 17.6. The van der Waals surface area contributed by atoms with E-state index >= 15 is 0 Å². The van der Waals surface area contributed by atoms with Crippen LogP contribution in [0.5, 0.6) is 5.75 Å². The molecule has 0 aliphatic heterocycles. The normalized spacial score (nSPS) is 10.5. The summed E-state index contributed by atoms with van der Waals surface area (Å²) in [7, 11) is 1.65. The summed E-state index contributed by atoms with van der Waals surface area (Å²) in [4.78, 5) is 11.2. The van der Waals surface area contributed by atoms with Gasteiger partial charge in [-0.15, -0.1) is 5.10 Å². The van der Waals surface area contributed by atoms with Gasteiger partial charge in [-0.05, 0) is 46.3 Å². The molecule has 3 rings (SSSR count). The number of methoxy groups -OCH3 is 1. The monoisotopic (exact) mass is 355 g/mol. The number of hydrogen-bond acceptors (Lipinski definition) is 6. The average Bonchev–Trinajstić information content (AvgIpc) is 3.08. The maximum Gasteiger partial charge on any atom is 0.221 e. The lowest BCUT2D eigenvalue weighted by Gasteiger charge is -2.07. The van der Waals surface area contributed by atoms with Gasteiger partial charge in [-0.25, -0.2) is 0 Å². The van der Waals surface area contributed by atoms with Crippen LogP contribution in [-0.4, -0.2) is 33.2 Å². The largest absolute Gasteiger partial charge is 0.497 e. The minimum Gasteiger partial charge on any atom is -0.497 e. The number of carbonyl (C=O) groups is 1. The number of carbonyl (C=O) groups excluding carboxylic acids is 1. The number of hydrogen-bond donors (Lipinski definition) is 1. The van der Waals surface area contributed by atoms with Crippen molar-refractivity contribution in [1.82, 2.24) is 20.2 Å². The molecule has 1 heterocycles. The highest BCUT2D eigenvalue weighted by Gasteiger charge is 2.10. The molecule has 25 heavy (non-hydrogen) atoms. The van der Waals surface area contributed by atoms with E-state index in [0.29, 0.717) is 16.6 Å². The molecule has 0 atom stereocenters. The first-order valence-electron chi connectivity index (χ1n) is 7.58. The zero-order valence-corrected chi connectivity index (χ0v) is 14.7. The Labute approximate surface area is 149 Å². The molecule has 0 saturated heterocycles. The molecule has 0 fully saturated rings. The Morgan fingerprint density at radius 2 is 2.08 bits per heavy atom. The fourth-order valence-corrected chi connectivity index (χ4v) is 3.09. The Bertz CT molecular complexity index is 881. The van der Waals surface area contributed by atoms with Gasteiger partial charge in [0, 0.05) is 18.4 Å². The van der Waals surface area contributed by atoms with Crippen LogP contribution in [0.2, 0.25) is 0 Å². The van der Waals surface area contributed by atoms with Crippen molar-refractivity contribution in [3.8, 4) is 11.4 Å². The van der Waals surface area contributed by atoms with Gasteiger partial charge >= 0.3 is 0 Å². The summed E-state index contributed by atoms with van der Waals surface area (Å²) >= 11 is 1.52. The van der Waals surface area contributed by atoms with Crippen molar-refractivity contribution in [2.24, 2.45) is 0 Å². The number of rotatable bonds is 6. The highest BCUT2D eigenvalue weighted by Crippen LogP contribution is 2.25. The third kappa shape index (κ3) is 4.36. The van der Waals surface area contributed by atoms with Crippen molar-refractivity contribution in [2.75, 3.05) is 12.4 Å². The Hall–Kier alpha value is -2.87. The summed E-state index contributed by atoms with van der Waals surface area (Å²) in [6.07, 6.45) is 0. The number of anilines is 1. The molecule has 0 aliphatic carbocycles.